The van der Waals surface area contributed by atoms with Crippen LogP contribution in [0.3, 0.4) is 0 Å². The van der Waals surface area contributed by atoms with Gasteiger partial charge in [-0.1, -0.05) is 17.7 Å². The average Bonchev–Trinajstić information content (AvgIpc) is 2.49. The van der Waals surface area contributed by atoms with Gasteiger partial charge in [-0.2, -0.15) is 0 Å². The minimum atomic E-state index is 0.289. The maximum Gasteiger partial charge on any atom is 0.161 e. The zero-order valence-corrected chi connectivity index (χ0v) is 13.2. The van der Waals surface area contributed by atoms with Gasteiger partial charge in [0.15, 0.2) is 11.5 Å². The van der Waals surface area contributed by atoms with Crippen LogP contribution in [-0.2, 0) is 6.61 Å². The lowest BCUT2D eigenvalue weighted by Gasteiger charge is -2.12. The van der Waals surface area contributed by atoms with Crippen LogP contribution in [0.25, 0.3) is 0 Å². The molecule has 0 amide bonds. The molecule has 0 aliphatic heterocycles. The molecule has 4 nitrogen and oxygen atoms in total. The molecule has 0 saturated carbocycles. The minimum absolute atomic E-state index is 0.289. The van der Waals surface area contributed by atoms with Crippen LogP contribution in [0.5, 0.6) is 11.5 Å². The summed E-state index contributed by atoms with van der Waals surface area (Å²) in [6.07, 6.45) is 0. The van der Waals surface area contributed by atoms with E-state index < -0.39 is 0 Å². The molecule has 0 atom stereocenters. The molecular formula is C16H19ClN2O2. The van der Waals surface area contributed by atoms with Crippen LogP contribution in [0.15, 0.2) is 30.3 Å². The van der Waals surface area contributed by atoms with Crippen molar-refractivity contribution in [2.45, 2.75) is 20.5 Å². The van der Waals surface area contributed by atoms with Crippen LogP contribution in [-0.4, -0.2) is 18.6 Å². The molecular weight excluding hydrogens is 288 g/mol. The molecule has 0 aliphatic rings. The van der Waals surface area contributed by atoms with Crippen LogP contribution in [0.4, 0.5) is 5.82 Å². The van der Waals surface area contributed by atoms with Crippen LogP contribution < -0.4 is 14.8 Å². The molecule has 1 aromatic carbocycles. The summed E-state index contributed by atoms with van der Waals surface area (Å²) in [4.78, 5) is 4.44. The monoisotopic (exact) mass is 306 g/mol. The third kappa shape index (κ3) is 4.02. The summed E-state index contributed by atoms with van der Waals surface area (Å²) in [5.74, 6) is 2.17. The fourth-order valence-electron chi connectivity index (χ4n) is 1.91. The van der Waals surface area contributed by atoms with Gasteiger partial charge in [0, 0.05) is 6.54 Å². The molecule has 21 heavy (non-hydrogen) atoms. The van der Waals surface area contributed by atoms with E-state index in [2.05, 4.69) is 10.3 Å². The van der Waals surface area contributed by atoms with Crippen LogP contribution >= 0.6 is 11.6 Å². The van der Waals surface area contributed by atoms with Crippen molar-refractivity contribution in [3.8, 4) is 11.5 Å². The number of hydrogen-bond acceptors (Lipinski definition) is 4. The number of nitrogens with one attached hydrogen (secondary N) is 1. The summed E-state index contributed by atoms with van der Waals surface area (Å²) in [5, 5.41) is 3.74. The van der Waals surface area contributed by atoms with E-state index in [9.17, 15) is 0 Å². The van der Waals surface area contributed by atoms with Gasteiger partial charge >= 0.3 is 0 Å². The summed E-state index contributed by atoms with van der Waals surface area (Å²) < 4.78 is 11.1. The lowest BCUT2D eigenvalue weighted by molar-refractivity contribution is 0.281. The number of nitrogens with zero attached hydrogens (tertiary/aromatic N) is 1. The second-order valence-corrected chi connectivity index (χ2v) is 5.01. The Kier molecular flexibility index (Phi) is 5.28. The number of rotatable bonds is 6. The number of methoxy groups -OCH3 is 1. The molecule has 1 aromatic heterocycles. The van der Waals surface area contributed by atoms with Gasteiger partial charge in [0.05, 0.1) is 17.8 Å². The smallest absolute Gasteiger partial charge is 0.161 e. The molecule has 5 heteroatoms. The Labute approximate surface area is 130 Å². The Balaban J connectivity index is 2.14. The van der Waals surface area contributed by atoms with Gasteiger partial charge in [-0.25, -0.2) is 4.98 Å². The Morgan fingerprint density at radius 1 is 1.19 bits per heavy atom. The SMILES string of the molecule is CCNc1ccc(Cl)c(COc2ccc(C)cc2OC)n1. The Hall–Kier alpha value is -1.94. The highest BCUT2D eigenvalue weighted by Gasteiger charge is 2.08. The van der Waals surface area contributed by atoms with E-state index in [1.165, 1.54) is 0 Å². The summed E-state index contributed by atoms with van der Waals surface area (Å²) in [6, 6.07) is 9.46. The zero-order valence-electron chi connectivity index (χ0n) is 12.4. The largest absolute Gasteiger partial charge is 0.493 e. The molecule has 1 N–H and O–H groups in total. The summed E-state index contributed by atoms with van der Waals surface area (Å²) in [6.45, 7) is 5.12. The topological polar surface area (TPSA) is 43.4 Å². The molecule has 112 valence electrons. The van der Waals surface area contributed by atoms with Crippen LogP contribution in [0, 0.1) is 6.92 Å². The van der Waals surface area contributed by atoms with Crippen molar-refractivity contribution in [2.75, 3.05) is 19.0 Å². The number of aryl methyl sites for hydroxylation is 1. The molecule has 0 bridgehead atoms. The van der Waals surface area contributed by atoms with Crippen molar-refractivity contribution in [1.29, 1.82) is 0 Å². The Morgan fingerprint density at radius 3 is 2.71 bits per heavy atom. The molecule has 2 rings (SSSR count). The molecule has 0 radical (unpaired) electrons. The average molecular weight is 307 g/mol. The lowest BCUT2D eigenvalue weighted by Crippen LogP contribution is -2.05. The number of pyridine rings is 1. The fraction of sp³-hybridized carbons (Fsp3) is 0.312. The number of ether oxygens (including phenoxy) is 2. The van der Waals surface area contributed by atoms with E-state index in [-0.39, 0.29) is 6.61 Å². The summed E-state index contributed by atoms with van der Waals surface area (Å²) >= 11 is 6.16. The van der Waals surface area contributed by atoms with Crippen molar-refractivity contribution in [2.24, 2.45) is 0 Å². The predicted octanol–water partition coefficient (Wildman–Crippen LogP) is 4.06. The Morgan fingerprint density at radius 2 is 2.00 bits per heavy atom. The molecule has 2 aromatic rings. The third-order valence-corrected chi connectivity index (χ3v) is 3.30. The number of hydrogen-bond donors (Lipinski definition) is 1. The Bertz CT molecular complexity index is 617. The van der Waals surface area contributed by atoms with E-state index in [4.69, 9.17) is 21.1 Å². The first-order valence-corrected chi connectivity index (χ1v) is 7.18. The molecule has 0 aliphatic carbocycles. The van der Waals surface area contributed by atoms with E-state index in [1.54, 1.807) is 7.11 Å². The second kappa shape index (κ2) is 7.18. The van der Waals surface area contributed by atoms with E-state index in [0.717, 1.165) is 17.9 Å². The molecule has 0 spiro atoms. The molecule has 0 saturated heterocycles. The van der Waals surface area contributed by atoms with Gasteiger partial charge in [-0.15, -0.1) is 0 Å². The van der Waals surface area contributed by atoms with Gasteiger partial charge < -0.3 is 14.8 Å². The molecule has 1 heterocycles. The van der Waals surface area contributed by atoms with Crippen LogP contribution in [0.2, 0.25) is 5.02 Å². The maximum atomic E-state index is 6.16. The van der Waals surface area contributed by atoms with Gasteiger partial charge in [-0.05, 0) is 43.7 Å². The number of aromatic nitrogens is 1. The van der Waals surface area contributed by atoms with Crippen molar-refractivity contribution < 1.29 is 9.47 Å². The lowest BCUT2D eigenvalue weighted by atomic mass is 10.2. The molecule has 0 unspecified atom stereocenters. The zero-order chi connectivity index (χ0) is 15.2. The van der Waals surface area contributed by atoms with E-state index in [1.807, 2.05) is 44.2 Å². The van der Waals surface area contributed by atoms with Gasteiger partial charge in [0.25, 0.3) is 0 Å². The number of halogens is 1. The van der Waals surface area contributed by atoms with Gasteiger partial charge in [-0.3, -0.25) is 0 Å². The van der Waals surface area contributed by atoms with Crippen molar-refractivity contribution in [3.63, 3.8) is 0 Å². The third-order valence-electron chi connectivity index (χ3n) is 2.96. The highest BCUT2D eigenvalue weighted by Crippen LogP contribution is 2.29. The van der Waals surface area contributed by atoms with Crippen molar-refractivity contribution in [1.82, 2.24) is 4.98 Å². The van der Waals surface area contributed by atoms with E-state index >= 15 is 0 Å². The first-order valence-electron chi connectivity index (χ1n) is 6.80. The highest BCUT2D eigenvalue weighted by molar-refractivity contribution is 6.31. The fourth-order valence-corrected chi connectivity index (χ4v) is 2.07. The summed E-state index contributed by atoms with van der Waals surface area (Å²) in [5.41, 5.74) is 1.81. The van der Waals surface area contributed by atoms with Crippen molar-refractivity contribution in [3.05, 3.63) is 46.6 Å². The highest BCUT2D eigenvalue weighted by atomic mass is 35.5. The summed E-state index contributed by atoms with van der Waals surface area (Å²) in [7, 11) is 1.62. The van der Waals surface area contributed by atoms with Crippen LogP contribution in [0.1, 0.15) is 18.2 Å². The molecule has 0 fully saturated rings. The van der Waals surface area contributed by atoms with Gasteiger partial charge in [0.2, 0.25) is 0 Å². The first kappa shape index (κ1) is 15.4. The number of anilines is 1. The maximum absolute atomic E-state index is 6.16. The normalized spacial score (nSPS) is 10.3. The minimum Gasteiger partial charge on any atom is -0.493 e. The standard InChI is InChI=1S/C16H19ClN2O2/c1-4-18-16-8-6-12(17)13(19-16)10-21-14-7-5-11(2)9-15(14)20-3/h5-9H,4,10H2,1-3H3,(H,18,19). The number of benzene rings is 1. The van der Waals surface area contributed by atoms with Gasteiger partial charge in [0.1, 0.15) is 12.4 Å². The van der Waals surface area contributed by atoms with Crippen molar-refractivity contribution >= 4 is 17.4 Å². The predicted molar refractivity (Wildman–Crippen MR) is 85.5 cm³/mol. The first-order chi connectivity index (χ1) is 10.1. The van der Waals surface area contributed by atoms with E-state index in [0.29, 0.717) is 22.2 Å². The quantitative estimate of drug-likeness (QED) is 0.874. The second-order valence-electron chi connectivity index (χ2n) is 4.60.